The Hall–Kier alpha value is -1.23. The molecule has 0 radical (unpaired) electrons. The van der Waals surface area contributed by atoms with Gasteiger partial charge < -0.3 is 15.7 Å². The van der Waals surface area contributed by atoms with Gasteiger partial charge in [-0.25, -0.2) is 4.79 Å². The molecule has 17 heavy (non-hydrogen) atoms. The first-order valence-corrected chi connectivity index (χ1v) is 5.51. The minimum atomic E-state index is -1.09. The quantitative estimate of drug-likeness (QED) is 0.708. The molecule has 98 valence electrons. The van der Waals surface area contributed by atoms with Crippen molar-refractivity contribution in [2.75, 3.05) is 6.54 Å². The van der Waals surface area contributed by atoms with Crippen molar-refractivity contribution in [1.82, 2.24) is 10.6 Å². The van der Waals surface area contributed by atoms with Crippen molar-refractivity contribution in [2.24, 2.45) is 5.41 Å². The first-order valence-electron chi connectivity index (χ1n) is 5.13. The second kappa shape index (κ2) is 5.40. The summed E-state index contributed by atoms with van der Waals surface area (Å²) in [6.45, 7) is 9.97. The maximum Gasteiger partial charge on any atom is 0.315 e. The fourth-order valence-corrected chi connectivity index (χ4v) is 0.995. The first-order chi connectivity index (χ1) is 7.50. The molecule has 2 amide bonds. The first kappa shape index (κ1) is 15.8. The van der Waals surface area contributed by atoms with E-state index in [1.165, 1.54) is 0 Å². The Morgan fingerprint density at radius 3 is 2.12 bits per heavy atom. The number of carboxylic acid groups (broad SMARTS) is 1. The Balaban J connectivity index is 4.60. The van der Waals surface area contributed by atoms with Crippen LogP contribution in [0.4, 0.5) is 4.79 Å². The van der Waals surface area contributed by atoms with Crippen LogP contribution in [0, 0.1) is 5.41 Å². The van der Waals surface area contributed by atoms with Gasteiger partial charge in [0.2, 0.25) is 0 Å². The van der Waals surface area contributed by atoms with Gasteiger partial charge >= 0.3 is 12.0 Å². The SMILES string of the molecule is C=C(Cl)CNC(=O)NC(C)(C)C(C)(C)C(=O)O. The highest BCUT2D eigenvalue weighted by atomic mass is 35.5. The van der Waals surface area contributed by atoms with Gasteiger partial charge in [-0.1, -0.05) is 18.2 Å². The van der Waals surface area contributed by atoms with Crippen molar-refractivity contribution in [3.05, 3.63) is 11.6 Å². The summed E-state index contributed by atoms with van der Waals surface area (Å²) in [6.07, 6.45) is 0. The van der Waals surface area contributed by atoms with Gasteiger partial charge in [0, 0.05) is 5.03 Å². The molecule has 0 atom stereocenters. The number of hydrogen-bond donors (Lipinski definition) is 3. The number of amides is 2. The molecule has 0 heterocycles. The van der Waals surface area contributed by atoms with E-state index in [4.69, 9.17) is 16.7 Å². The lowest BCUT2D eigenvalue weighted by atomic mass is 9.74. The van der Waals surface area contributed by atoms with E-state index >= 15 is 0 Å². The molecule has 5 nitrogen and oxygen atoms in total. The number of urea groups is 1. The van der Waals surface area contributed by atoms with E-state index < -0.39 is 23.0 Å². The number of carbonyl (C=O) groups is 2. The Bertz CT molecular complexity index is 338. The molecular formula is C11H19ClN2O3. The molecule has 3 N–H and O–H groups in total. The molecule has 0 fully saturated rings. The Kier molecular flexibility index (Phi) is 5.01. The predicted octanol–water partition coefficient (Wildman–Crippen LogP) is 1.93. The minimum Gasteiger partial charge on any atom is -0.481 e. The molecule has 0 aliphatic heterocycles. The lowest BCUT2D eigenvalue weighted by Crippen LogP contribution is -2.59. The monoisotopic (exact) mass is 262 g/mol. The van der Waals surface area contributed by atoms with Crippen LogP contribution in [0.1, 0.15) is 27.7 Å². The molecule has 0 aliphatic carbocycles. The van der Waals surface area contributed by atoms with Gasteiger partial charge in [-0.2, -0.15) is 0 Å². The van der Waals surface area contributed by atoms with Crippen molar-refractivity contribution in [2.45, 2.75) is 33.2 Å². The second-order valence-corrected chi connectivity index (χ2v) is 5.41. The van der Waals surface area contributed by atoms with Gasteiger partial charge in [0.25, 0.3) is 0 Å². The van der Waals surface area contributed by atoms with E-state index in [1.54, 1.807) is 27.7 Å². The molecule has 0 spiro atoms. The lowest BCUT2D eigenvalue weighted by molar-refractivity contribution is -0.150. The smallest absolute Gasteiger partial charge is 0.315 e. The Morgan fingerprint density at radius 1 is 1.29 bits per heavy atom. The largest absolute Gasteiger partial charge is 0.481 e. The van der Waals surface area contributed by atoms with Gasteiger partial charge in [0.1, 0.15) is 0 Å². The zero-order valence-electron chi connectivity index (χ0n) is 10.6. The molecule has 6 heteroatoms. The van der Waals surface area contributed by atoms with Crippen molar-refractivity contribution >= 4 is 23.6 Å². The van der Waals surface area contributed by atoms with Gasteiger partial charge in [0.15, 0.2) is 0 Å². The van der Waals surface area contributed by atoms with Gasteiger partial charge in [-0.15, -0.1) is 0 Å². The van der Waals surface area contributed by atoms with Crippen LogP contribution in [-0.4, -0.2) is 29.2 Å². The van der Waals surface area contributed by atoms with E-state index in [1.807, 2.05) is 0 Å². The molecule has 0 saturated heterocycles. The summed E-state index contributed by atoms with van der Waals surface area (Å²) < 4.78 is 0. The average Bonchev–Trinajstić information content (AvgIpc) is 2.13. The summed E-state index contributed by atoms with van der Waals surface area (Å²) in [6, 6.07) is -0.480. The molecular weight excluding hydrogens is 244 g/mol. The third-order valence-electron chi connectivity index (χ3n) is 2.96. The maximum atomic E-state index is 11.5. The van der Waals surface area contributed by atoms with Crippen LogP contribution >= 0.6 is 11.6 Å². The highest BCUT2D eigenvalue weighted by Gasteiger charge is 2.44. The molecule has 0 aliphatic rings. The van der Waals surface area contributed by atoms with Crippen LogP contribution in [0.2, 0.25) is 0 Å². The van der Waals surface area contributed by atoms with E-state index in [9.17, 15) is 9.59 Å². The summed E-state index contributed by atoms with van der Waals surface area (Å²) in [5.41, 5.74) is -2.00. The standard InChI is InChI=1S/C11H19ClN2O3/c1-7(12)6-13-9(17)14-11(4,5)10(2,3)8(15)16/h1,6H2,2-5H3,(H,15,16)(H2,13,14,17). The molecule has 0 bridgehead atoms. The van der Waals surface area contributed by atoms with Crippen LogP contribution in [0.5, 0.6) is 0 Å². The topological polar surface area (TPSA) is 78.4 Å². The minimum absolute atomic E-state index is 0.136. The normalized spacial score (nSPS) is 11.8. The molecule has 0 aromatic rings. The number of carbonyl (C=O) groups excluding carboxylic acids is 1. The second-order valence-electron chi connectivity index (χ2n) is 4.88. The van der Waals surface area contributed by atoms with Gasteiger partial charge in [-0.05, 0) is 27.7 Å². The van der Waals surface area contributed by atoms with E-state index in [2.05, 4.69) is 17.2 Å². The van der Waals surface area contributed by atoms with E-state index in [-0.39, 0.29) is 6.54 Å². The van der Waals surface area contributed by atoms with Crippen LogP contribution in [-0.2, 0) is 4.79 Å². The van der Waals surface area contributed by atoms with Crippen molar-refractivity contribution in [1.29, 1.82) is 0 Å². The Labute approximate surface area is 106 Å². The van der Waals surface area contributed by atoms with Crippen LogP contribution in [0.25, 0.3) is 0 Å². The average molecular weight is 263 g/mol. The summed E-state index contributed by atoms with van der Waals surface area (Å²) in [4.78, 5) is 22.6. The number of carboxylic acids is 1. The predicted molar refractivity (Wildman–Crippen MR) is 67.0 cm³/mol. The number of rotatable bonds is 5. The van der Waals surface area contributed by atoms with Crippen LogP contribution < -0.4 is 10.6 Å². The van der Waals surface area contributed by atoms with Crippen molar-refractivity contribution in [3.63, 3.8) is 0 Å². The third-order valence-corrected chi connectivity index (χ3v) is 3.10. The van der Waals surface area contributed by atoms with Crippen molar-refractivity contribution in [3.8, 4) is 0 Å². The molecule has 0 aromatic heterocycles. The molecule has 0 aromatic carbocycles. The third kappa shape index (κ3) is 4.26. The fraction of sp³-hybridized carbons (Fsp3) is 0.636. The Morgan fingerprint density at radius 2 is 1.76 bits per heavy atom. The summed E-state index contributed by atoms with van der Waals surface area (Å²) in [5.74, 6) is -0.982. The number of aliphatic carboxylic acids is 1. The summed E-state index contributed by atoms with van der Waals surface area (Å²) in [5, 5.41) is 14.5. The summed E-state index contributed by atoms with van der Waals surface area (Å²) in [7, 11) is 0. The lowest BCUT2D eigenvalue weighted by Gasteiger charge is -2.38. The van der Waals surface area contributed by atoms with Crippen LogP contribution in [0.15, 0.2) is 11.6 Å². The molecule has 0 rings (SSSR count). The zero-order chi connectivity index (χ0) is 13.9. The van der Waals surface area contributed by atoms with Crippen LogP contribution in [0.3, 0.4) is 0 Å². The molecule has 0 saturated carbocycles. The van der Waals surface area contributed by atoms with E-state index in [0.717, 1.165) is 0 Å². The fourth-order valence-electron chi connectivity index (χ4n) is 0.928. The number of nitrogens with one attached hydrogen (secondary N) is 2. The number of halogens is 1. The van der Waals surface area contributed by atoms with Crippen molar-refractivity contribution < 1.29 is 14.7 Å². The summed E-state index contributed by atoms with van der Waals surface area (Å²) >= 11 is 5.50. The highest BCUT2D eigenvalue weighted by molar-refractivity contribution is 6.29. The zero-order valence-corrected chi connectivity index (χ0v) is 11.3. The molecule has 0 unspecified atom stereocenters. The maximum absolute atomic E-state index is 11.5. The van der Waals surface area contributed by atoms with Gasteiger partial charge in [-0.3, -0.25) is 4.79 Å². The number of hydrogen-bond acceptors (Lipinski definition) is 2. The van der Waals surface area contributed by atoms with E-state index in [0.29, 0.717) is 5.03 Å². The van der Waals surface area contributed by atoms with Gasteiger partial charge in [0.05, 0.1) is 17.5 Å². The highest BCUT2D eigenvalue weighted by Crippen LogP contribution is 2.30.